The third kappa shape index (κ3) is 6.17. The van der Waals surface area contributed by atoms with E-state index in [0.717, 1.165) is 50.3 Å². The number of aromatic nitrogens is 2. The maximum Gasteiger partial charge on any atom is 0.0952 e. The van der Waals surface area contributed by atoms with Gasteiger partial charge in [0.05, 0.1) is 25.4 Å². The topological polar surface area (TPSA) is 68.3 Å². The van der Waals surface area contributed by atoms with Gasteiger partial charge < -0.3 is 20.1 Å². The quantitative estimate of drug-likeness (QED) is 0.375. The molecule has 0 bridgehead atoms. The highest BCUT2D eigenvalue weighted by molar-refractivity contribution is 5.65. The lowest BCUT2D eigenvalue weighted by Gasteiger charge is -2.26. The van der Waals surface area contributed by atoms with E-state index in [1.165, 1.54) is 33.4 Å². The van der Waals surface area contributed by atoms with Crippen LogP contribution in [0.4, 0.5) is 0 Å². The molecule has 4 aromatic rings. The van der Waals surface area contributed by atoms with Gasteiger partial charge in [0, 0.05) is 37.9 Å². The van der Waals surface area contributed by atoms with Gasteiger partial charge in [0.1, 0.15) is 0 Å². The lowest BCUT2D eigenvalue weighted by molar-refractivity contribution is 0.0438. The largest absolute Gasteiger partial charge is 0.372 e. The highest BCUT2D eigenvalue weighted by Crippen LogP contribution is 2.32. The van der Waals surface area contributed by atoms with E-state index in [1.807, 2.05) is 38.6 Å². The van der Waals surface area contributed by atoms with Crippen molar-refractivity contribution in [2.24, 2.45) is 0 Å². The zero-order chi connectivity index (χ0) is 26.2. The Bertz CT molecular complexity index is 1210. The summed E-state index contributed by atoms with van der Waals surface area (Å²) in [4.78, 5) is 8.37. The zero-order valence-electron chi connectivity index (χ0n) is 22.2. The molecule has 2 aliphatic heterocycles. The van der Waals surface area contributed by atoms with Crippen LogP contribution >= 0.6 is 0 Å². The van der Waals surface area contributed by atoms with Crippen molar-refractivity contribution in [2.45, 2.75) is 25.0 Å². The molecule has 196 valence electrons. The first-order valence-corrected chi connectivity index (χ1v) is 13.4. The number of nitrogens with one attached hydrogen (secondary N) is 2. The third-order valence-electron chi connectivity index (χ3n) is 7.14. The molecule has 2 atom stereocenters. The zero-order valence-corrected chi connectivity index (χ0v) is 22.2. The molecule has 0 aliphatic carbocycles. The fourth-order valence-electron chi connectivity index (χ4n) is 5.18. The lowest BCUT2D eigenvalue weighted by Crippen LogP contribution is -2.25. The number of rotatable bonds is 6. The van der Waals surface area contributed by atoms with Gasteiger partial charge in [-0.2, -0.15) is 0 Å². The predicted octanol–water partition coefficient (Wildman–Crippen LogP) is 5.16. The van der Waals surface area contributed by atoms with Crippen LogP contribution in [0.5, 0.6) is 0 Å². The highest BCUT2D eigenvalue weighted by atomic mass is 16.5. The van der Waals surface area contributed by atoms with Gasteiger partial charge in [-0.15, -0.1) is 0 Å². The van der Waals surface area contributed by atoms with Crippen LogP contribution < -0.4 is 10.6 Å². The van der Waals surface area contributed by atoms with E-state index in [4.69, 9.17) is 9.47 Å². The van der Waals surface area contributed by atoms with E-state index in [0.29, 0.717) is 0 Å². The van der Waals surface area contributed by atoms with Crippen molar-refractivity contribution in [3.05, 3.63) is 108 Å². The summed E-state index contributed by atoms with van der Waals surface area (Å²) in [7, 11) is 3.92. The van der Waals surface area contributed by atoms with Gasteiger partial charge in [-0.25, -0.2) is 0 Å². The van der Waals surface area contributed by atoms with Gasteiger partial charge >= 0.3 is 0 Å². The summed E-state index contributed by atoms with van der Waals surface area (Å²) < 4.78 is 11.7. The van der Waals surface area contributed by atoms with Crippen molar-refractivity contribution in [1.29, 1.82) is 0 Å². The second kappa shape index (κ2) is 12.9. The molecule has 0 saturated carbocycles. The summed E-state index contributed by atoms with van der Waals surface area (Å²) in [6, 6.07) is 21.4. The van der Waals surface area contributed by atoms with Crippen LogP contribution in [0.3, 0.4) is 0 Å². The molecule has 6 heteroatoms. The summed E-state index contributed by atoms with van der Waals surface area (Å²) in [6.07, 6.45) is 9.72. The number of pyridine rings is 2. The van der Waals surface area contributed by atoms with Crippen molar-refractivity contribution in [2.75, 3.05) is 40.4 Å². The number of ether oxygens (including phenoxy) is 2. The Morgan fingerprint density at radius 3 is 1.53 bits per heavy atom. The first-order chi connectivity index (χ1) is 18.8. The fraction of sp³-hybridized carbons (Fsp3) is 0.312. The Labute approximate surface area is 225 Å². The minimum atomic E-state index is 0.158. The van der Waals surface area contributed by atoms with E-state index in [2.05, 4.69) is 69.1 Å². The van der Waals surface area contributed by atoms with E-state index >= 15 is 0 Å². The van der Waals surface area contributed by atoms with Gasteiger partial charge in [-0.3, -0.25) is 9.97 Å². The van der Waals surface area contributed by atoms with Crippen LogP contribution in [0.2, 0.25) is 0 Å². The molecular formula is C32H36N4O2. The molecule has 2 aromatic heterocycles. The fourth-order valence-corrected chi connectivity index (χ4v) is 5.18. The third-order valence-corrected chi connectivity index (χ3v) is 7.14. The number of likely N-dealkylation sites (N-methyl/N-ethyl adjacent to an activating group) is 2. The van der Waals surface area contributed by atoms with Crippen molar-refractivity contribution in [3.63, 3.8) is 0 Å². The van der Waals surface area contributed by atoms with E-state index in [-0.39, 0.29) is 12.2 Å². The van der Waals surface area contributed by atoms with Crippen molar-refractivity contribution >= 4 is 0 Å². The highest BCUT2D eigenvalue weighted by Gasteiger charge is 2.21. The molecule has 2 N–H and O–H groups in total. The van der Waals surface area contributed by atoms with Crippen LogP contribution in [0.15, 0.2) is 85.5 Å². The van der Waals surface area contributed by atoms with Crippen LogP contribution in [0, 0.1) is 0 Å². The summed E-state index contributed by atoms with van der Waals surface area (Å²) in [6.45, 7) is 3.32. The molecule has 2 aromatic carbocycles. The Morgan fingerprint density at radius 2 is 1.13 bits per heavy atom. The molecule has 0 radical (unpaired) electrons. The van der Waals surface area contributed by atoms with Crippen LogP contribution in [0.1, 0.15) is 34.5 Å². The summed E-state index contributed by atoms with van der Waals surface area (Å²) >= 11 is 0. The molecule has 6 nitrogen and oxygen atoms in total. The van der Waals surface area contributed by atoms with Crippen LogP contribution in [0.25, 0.3) is 22.3 Å². The molecule has 0 amide bonds. The maximum absolute atomic E-state index is 5.86. The van der Waals surface area contributed by atoms with E-state index < -0.39 is 0 Å². The first kappa shape index (κ1) is 26.2. The number of hydrogen-bond acceptors (Lipinski definition) is 6. The SMILES string of the molecule is CNC[C@@H]1OCCc2ccc(-c3cccnc3)cc21.CNC[C@H]1OCCc2ccc(-c3cccnc3)cc21. The molecule has 38 heavy (non-hydrogen) atoms. The number of nitrogens with zero attached hydrogens (tertiary/aromatic N) is 2. The number of fused-ring (bicyclic) bond motifs is 2. The van der Waals surface area contributed by atoms with Gasteiger partial charge in [0.2, 0.25) is 0 Å². The molecule has 6 rings (SSSR count). The van der Waals surface area contributed by atoms with Gasteiger partial charge in [0.15, 0.2) is 0 Å². The molecule has 4 heterocycles. The van der Waals surface area contributed by atoms with Crippen molar-refractivity contribution in [3.8, 4) is 22.3 Å². The average Bonchev–Trinajstić information content (AvgIpc) is 2.99. The van der Waals surface area contributed by atoms with Crippen LogP contribution in [-0.4, -0.2) is 50.4 Å². The smallest absolute Gasteiger partial charge is 0.0952 e. The van der Waals surface area contributed by atoms with E-state index in [9.17, 15) is 0 Å². The van der Waals surface area contributed by atoms with Crippen molar-refractivity contribution < 1.29 is 9.47 Å². The lowest BCUT2D eigenvalue weighted by atomic mass is 9.93. The van der Waals surface area contributed by atoms with Gasteiger partial charge in [-0.05, 0) is 95.7 Å². The maximum atomic E-state index is 5.86. The number of benzene rings is 2. The minimum absolute atomic E-state index is 0.158. The molecular weight excluding hydrogens is 472 g/mol. The number of hydrogen-bond donors (Lipinski definition) is 2. The molecule has 0 saturated heterocycles. The first-order valence-electron chi connectivity index (χ1n) is 13.4. The second-order valence-electron chi connectivity index (χ2n) is 9.64. The Hall–Kier alpha value is -3.42. The predicted molar refractivity (Wildman–Crippen MR) is 152 cm³/mol. The molecule has 0 unspecified atom stereocenters. The van der Waals surface area contributed by atoms with Crippen molar-refractivity contribution in [1.82, 2.24) is 20.6 Å². The summed E-state index contributed by atoms with van der Waals surface area (Å²) in [5.41, 5.74) is 10.1. The average molecular weight is 509 g/mol. The summed E-state index contributed by atoms with van der Waals surface area (Å²) in [5, 5.41) is 6.40. The van der Waals surface area contributed by atoms with Crippen LogP contribution in [-0.2, 0) is 22.3 Å². The summed E-state index contributed by atoms with van der Waals surface area (Å²) in [5.74, 6) is 0. The van der Waals surface area contributed by atoms with E-state index in [1.54, 1.807) is 12.4 Å². The Kier molecular flexibility index (Phi) is 8.89. The Balaban J connectivity index is 0.000000155. The molecule has 0 spiro atoms. The second-order valence-corrected chi connectivity index (χ2v) is 9.64. The van der Waals surface area contributed by atoms with Gasteiger partial charge in [0.25, 0.3) is 0 Å². The van der Waals surface area contributed by atoms with Gasteiger partial charge in [-0.1, -0.05) is 36.4 Å². The minimum Gasteiger partial charge on any atom is -0.372 e. The normalized spacial score (nSPS) is 18.1. The standard InChI is InChI=1S/2C16H18N2O/c2*1-17-11-16-15-9-13(14-3-2-7-18-10-14)5-4-12(15)6-8-19-16/h2*2-5,7,9-10,16-17H,6,8,11H2,1H3/t2*16-/m10/s1. The molecule has 2 aliphatic rings. The molecule has 0 fully saturated rings. The monoisotopic (exact) mass is 508 g/mol. The Morgan fingerprint density at radius 1 is 0.658 bits per heavy atom.